The molecule has 2 amide bonds. The van der Waals surface area contributed by atoms with Gasteiger partial charge in [0.25, 0.3) is 11.6 Å². The van der Waals surface area contributed by atoms with E-state index in [1.807, 2.05) is 4.72 Å². The lowest BCUT2D eigenvalue weighted by Gasteiger charge is -2.26. The van der Waals surface area contributed by atoms with Gasteiger partial charge in [0.05, 0.1) is 10.7 Å². The summed E-state index contributed by atoms with van der Waals surface area (Å²) in [5, 5.41) is 13.1. The summed E-state index contributed by atoms with van der Waals surface area (Å²) < 4.78 is 31.8. The van der Waals surface area contributed by atoms with Gasteiger partial charge in [0.2, 0.25) is 10.0 Å². The first-order chi connectivity index (χ1) is 13.2. The second-order valence-electron chi connectivity index (χ2n) is 7.66. The Balaban J connectivity index is 2.88. The molecule has 0 heterocycles. The van der Waals surface area contributed by atoms with Crippen LogP contribution in [-0.2, 0) is 25.3 Å². The highest BCUT2D eigenvalue weighted by molar-refractivity contribution is 7.89. The fourth-order valence-electron chi connectivity index (χ4n) is 2.32. The maximum absolute atomic E-state index is 12.5. The minimum atomic E-state index is -4.09. The topological polar surface area (TPSA) is 145 Å². The van der Waals surface area contributed by atoms with Crippen LogP contribution >= 0.6 is 0 Å². The molecule has 10 nitrogen and oxygen atoms in total. The lowest BCUT2D eigenvalue weighted by molar-refractivity contribution is -0.384. The number of benzene rings is 1. The molecule has 2 N–H and O–H groups in total. The van der Waals surface area contributed by atoms with E-state index in [2.05, 4.69) is 5.32 Å². The maximum Gasteiger partial charge on any atom is 0.408 e. The number of rotatable bonds is 8. The molecule has 0 aliphatic heterocycles. The monoisotopic (exact) mass is 429 g/mol. The Bertz CT molecular complexity index is 845. The minimum Gasteiger partial charge on any atom is -0.444 e. The Kier molecular flexibility index (Phi) is 8.13. The molecule has 11 heteroatoms. The standard InChI is InChI=1S/C18H27N3O7S/c1-6-12(2)15(19-17(23)28-18(3,4)5)16(22)20-29(26,27)11-13-7-9-14(10-8-13)21(24)25/h7-10,12,15H,6,11H2,1-5H3,(H,19,23)(H,20,22)/t12-,15-/m0/s1. The van der Waals surface area contributed by atoms with Crippen molar-refractivity contribution in [3.8, 4) is 0 Å². The lowest BCUT2D eigenvalue weighted by atomic mass is 9.99. The summed E-state index contributed by atoms with van der Waals surface area (Å²) >= 11 is 0. The van der Waals surface area contributed by atoms with Crippen LogP contribution in [0.3, 0.4) is 0 Å². The first-order valence-corrected chi connectivity index (χ1v) is 10.7. The fourth-order valence-corrected chi connectivity index (χ4v) is 3.46. The zero-order valence-electron chi connectivity index (χ0n) is 17.1. The molecule has 2 atom stereocenters. The van der Waals surface area contributed by atoms with Gasteiger partial charge in [-0.25, -0.2) is 13.2 Å². The molecule has 0 spiro atoms. The van der Waals surface area contributed by atoms with E-state index in [1.165, 1.54) is 24.3 Å². The molecule has 1 aromatic rings. The largest absolute Gasteiger partial charge is 0.444 e. The van der Waals surface area contributed by atoms with E-state index in [4.69, 9.17) is 4.74 Å². The van der Waals surface area contributed by atoms with Crippen LogP contribution in [0.1, 0.15) is 46.6 Å². The van der Waals surface area contributed by atoms with Gasteiger partial charge >= 0.3 is 6.09 Å². The molecule has 0 fully saturated rings. The van der Waals surface area contributed by atoms with E-state index in [-0.39, 0.29) is 17.2 Å². The first-order valence-electron chi connectivity index (χ1n) is 9.01. The Morgan fingerprint density at radius 3 is 2.21 bits per heavy atom. The average molecular weight is 429 g/mol. The van der Waals surface area contributed by atoms with Crippen LogP contribution in [0.5, 0.6) is 0 Å². The van der Waals surface area contributed by atoms with Crippen molar-refractivity contribution in [3.63, 3.8) is 0 Å². The van der Waals surface area contributed by atoms with Crippen molar-refractivity contribution in [1.82, 2.24) is 10.0 Å². The second-order valence-corrected chi connectivity index (χ2v) is 9.38. The van der Waals surface area contributed by atoms with Gasteiger partial charge in [0.15, 0.2) is 0 Å². The molecule has 0 aliphatic rings. The number of ether oxygens (including phenoxy) is 1. The van der Waals surface area contributed by atoms with Crippen LogP contribution in [0.2, 0.25) is 0 Å². The summed E-state index contributed by atoms with van der Waals surface area (Å²) in [6, 6.07) is 3.85. The highest BCUT2D eigenvalue weighted by Gasteiger charge is 2.30. The number of carbonyl (C=O) groups excluding carboxylic acids is 2. The predicted molar refractivity (Wildman–Crippen MR) is 106 cm³/mol. The molecular weight excluding hydrogens is 402 g/mol. The van der Waals surface area contributed by atoms with E-state index in [0.717, 1.165) is 0 Å². The van der Waals surface area contributed by atoms with Crippen LogP contribution in [0.25, 0.3) is 0 Å². The Morgan fingerprint density at radius 1 is 1.21 bits per heavy atom. The number of non-ortho nitro benzene ring substituents is 1. The van der Waals surface area contributed by atoms with Crippen molar-refractivity contribution in [1.29, 1.82) is 0 Å². The Hall–Kier alpha value is -2.69. The van der Waals surface area contributed by atoms with Crippen LogP contribution in [0.15, 0.2) is 24.3 Å². The normalized spacial score (nSPS) is 13.8. The number of hydrogen-bond acceptors (Lipinski definition) is 7. The van der Waals surface area contributed by atoms with Crippen molar-refractivity contribution in [2.45, 2.75) is 58.4 Å². The molecule has 162 valence electrons. The van der Waals surface area contributed by atoms with Crippen LogP contribution in [0, 0.1) is 16.0 Å². The SMILES string of the molecule is CC[C@H](C)[C@H](NC(=O)OC(C)(C)C)C(=O)NS(=O)(=O)Cc1ccc([N+](=O)[O-])cc1. The molecule has 0 aliphatic carbocycles. The molecular formula is C18H27N3O7S. The lowest BCUT2D eigenvalue weighted by Crippen LogP contribution is -2.52. The first kappa shape index (κ1) is 24.3. The van der Waals surface area contributed by atoms with Gasteiger partial charge in [-0.2, -0.15) is 0 Å². The van der Waals surface area contributed by atoms with Gasteiger partial charge in [-0.3, -0.25) is 19.6 Å². The Labute approximate surface area is 170 Å². The highest BCUT2D eigenvalue weighted by atomic mass is 32.2. The third kappa shape index (κ3) is 8.46. The van der Waals surface area contributed by atoms with Gasteiger partial charge in [0.1, 0.15) is 11.6 Å². The summed E-state index contributed by atoms with van der Waals surface area (Å²) in [6.45, 7) is 8.50. The minimum absolute atomic E-state index is 0.173. The van der Waals surface area contributed by atoms with Crippen molar-refractivity contribution < 1.29 is 27.7 Å². The molecule has 0 unspecified atom stereocenters. The number of alkyl carbamates (subject to hydrolysis) is 1. The summed E-state index contributed by atoms with van der Waals surface area (Å²) in [7, 11) is -4.09. The van der Waals surface area contributed by atoms with Gasteiger partial charge in [-0.1, -0.05) is 32.4 Å². The Morgan fingerprint density at radius 2 is 1.76 bits per heavy atom. The molecule has 0 saturated carbocycles. The summed E-state index contributed by atoms with van der Waals surface area (Å²) in [5.74, 6) is -1.78. The van der Waals surface area contributed by atoms with Gasteiger partial charge < -0.3 is 10.1 Å². The van der Waals surface area contributed by atoms with E-state index >= 15 is 0 Å². The quantitative estimate of drug-likeness (QED) is 0.477. The third-order valence-electron chi connectivity index (χ3n) is 3.93. The van der Waals surface area contributed by atoms with Crippen molar-refractivity contribution in [2.24, 2.45) is 5.92 Å². The molecule has 0 aromatic heterocycles. The van der Waals surface area contributed by atoms with Crippen molar-refractivity contribution in [3.05, 3.63) is 39.9 Å². The van der Waals surface area contributed by atoms with E-state index in [9.17, 15) is 28.1 Å². The smallest absolute Gasteiger partial charge is 0.408 e. The van der Waals surface area contributed by atoms with E-state index < -0.39 is 44.3 Å². The van der Waals surface area contributed by atoms with Gasteiger partial charge in [-0.15, -0.1) is 0 Å². The number of amides is 2. The zero-order valence-corrected chi connectivity index (χ0v) is 17.9. The number of hydrogen-bond donors (Lipinski definition) is 2. The summed E-state index contributed by atoms with van der Waals surface area (Å²) in [5.41, 5.74) is -0.674. The molecule has 0 bridgehead atoms. The van der Waals surface area contributed by atoms with Gasteiger partial charge in [0, 0.05) is 12.1 Å². The van der Waals surface area contributed by atoms with E-state index in [0.29, 0.717) is 6.42 Å². The average Bonchev–Trinajstić information content (AvgIpc) is 2.57. The molecule has 0 saturated heterocycles. The molecule has 1 rings (SSSR count). The molecule has 1 aromatic carbocycles. The molecule has 29 heavy (non-hydrogen) atoms. The predicted octanol–water partition coefficient (Wildman–Crippen LogP) is 2.48. The highest BCUT2D eigenvalue weighted by Crippen LogP contribution is 2.15. The third-order valence-corrected chi connectivity index (χ3v) is 5.15. The number of carbonyl (C=O) groups is 2. The summed E-state index contributed by atoms with van der Waals surface area (Å²) in [4.78, 5) is 34.6. The number of nitrogens with zero attached hydrogens (tertiary/aromatic N) is 1. The number of sulfonamides is 1. The van der Waals surface area contributed by atoms with Crippen LogP contribution < -0.4 is 10.0 Å². The van der Waals surface area contributed by atoms with Crippen molar-refractivity contribution >= 4 is 27.7 Å². The number of nitrogens with one attached hydrogen (secondary N) is 2. The summed E-state index contributed by atoms with van der Waals surface area (Å²) in [6.07, 6.45) is -0.318. The number of nitro groups is 1. The van der Waals surface area contributed by atoms with Gasteiger partial charge in [-0.05, 0) is 32.3 Å². The molecule has 0 radical (unpaired) electrons. The zero-order chi connectivity index (χ0) is 22.4. The van der Waals surface area contributed by atoms with Crippen LogP contribution in [-0.4, -0.2) is 37.0 Å². The number of nitro benzene ring substituents is 1. The fraction of sp³-hybridized carbons (Fsp3) is 0.556. The van der Waals surface area contributed by atoms with Crippen LogP contribution in [0.4, 0.5) is 10.5 Å². The second kappa shape index (κ2) is 9.68. The van der Waals surface area contributed by atoms with Crippen molar-refractivity contribution in [2.75, 3.05) is 0 Å². The van der Waals surface area contributed by atoms with E-state index in [1.54, 1.807) is 34.6 Å². The maximum atomic E-state index is 12.5.